The molecule has 1 aliphatic rings. The molecule has 2 aromatic carbocycles. The molecule has 0 bridgehead atoms. The van der Waals surface area contributed by atoms with E-state index in [0.29, 0.717) is 66.1 Å². The lowest BCUT2D eigenvalue weighted by Gasteiger charge is -2.17. The van der Waals surface area contributed by atoms with E-state index in [1.807, 2.05) is 30.3 Å². The molecule has 0 saturated carbocycles. The zero-order valence-corrected chi connectivity index (χ0v) is 20.8. The molecule has 1 aliphatic heterocycles. The van der Waals surface area contributed by atoms with E-state index < -0.39 is 0 Å². The fourth-order valence-electron chi connectivity index (χ4n) is 3.53. The highest BCUT2D eigenvalue weighted by atomic mass is 32.1. The molecule has 35 heavy (non-hydrogen) atoms. The average molecular weight is 501 g/mol. The topological polar surface area (TPSA) is 64.6 Å². The van der Waals surface area contributed by atoms with Crippen molar-refractivity contribution in [3.05, 3.63) is 54.6 Å². The Labute approximate surface area is 210 Å². The molecule has 0 saturated heterocycles. The zero-order valence-electron chi connectivity index (χ0n) is 20.0. The van der Waals surface area contributed by atoms with Gasteiger partial charge >= 0.3 is 0 Å². The predicted octanol–water partition coefficient (Wildman–Crippen LogP) is 4.93. The van der Waals surface area contributed by atoms with Crippen LogP contribution in [0.15, 0.2) is 54.6 Å². The van der Waals surface area contributed by atoms with Gasteiger partial charge in [-0.05, 0) is 35.4 Å². The normalized spacial score (nSPS) is 12.6. The third-order valence-electron chi connectivity index (χ3n) is 5.22. The van der Waals surface area contributed by atoms with Gasteiger partial charge < -0.3 is 33.2 Å². The van der Waals surface area contributed by atoms with Crippen molar-refractivity contribution in [1.82, 2.24) is 0 Å². The van der Waals surface area contributed by atoms with Crippen LogP contribution >= 0.6 is 11.3 Å². The third-order valence-corrected chi connectivity index (χ3v) is 6.47. The van der Waals surface area contributed by atoms with Crippen LogP contribution in [0.25, 0.3) is 20.9 Å². The van der Waals surface area contributed by atoms with E-state index >= 15 is 0 Å². The second kappa shape index (κ2) is 14.1. The first-order valence-corrected chi connectivity index (χ1v) is 12.6. The van der Waals surface area contributed by atoms with E-state index in [1.165, 1.54) is 0 Å². The number of hydrogen-bond donors (Lipinski definition) is 0. The molecule has 0 N–H and O–H groups in total. The van der Waals surface area contributed by atoms with E-state index in [9.17, 15) is 0 Å². The molecule has 0 amide bonds. The Hall–Kier alpha value is -2.62. The van der Waals surface area contributed by atoms with Gasteiger partial charge in [-0.15, -0.1) is 11.3 Å². The van der Waals surface area contributed by atoms with Gasteiger partial charge in [0.1, 0.15) is 25.6 Å². The summed E-state index contributed by atoms with van der Waals surface area (Å²) in [6.45, 7) is 5.44. The highest BCUT2D eigenvalue weighted by molar-refractivity contribution is 7.19. The maximum absolute atomic E-state index is 6.01. The Balaban J connectivity index is 1.22. The molecule has 188 valence electrons. The summed E-state index contributed by atoms with van der Waals surface area (Å²) in [6, 6.07) is 18.3. The second-order valence-electron chi connectivity index (χ2n) is 7.68. The van der Waals surface area contributed by atoms with Crippen molar-refractivity contribution < 1.29 is 33.2 Å². The van der Waals surface area contributed by atoms with Crippen LogP contribution < -0.4 is 14.2 Å². The summed E-state index contributed by atoms with van der Waals surface area (Å²) >= 11 is 1.69. The highest BCUT2D eigenvalue weighted by Gasteiger charge is 2.26. The summed E-state index contributed by atoms with van der Waals surface area (Å²) in [5, 5.41) is 0. The number of benzene rings is 2. The Bertz CT molecular complexity index is 1000. The standard InChI is InChI=1S/C27H32O7S/c1-28-11-12-29-13-14-30-15-16-31-17-18-32-23-9-7-22(8-10-23)27-25-24(33-19-20-34-25)26(35-27)21-5-3-2-4-6-21/h2-10H,11-20H2,1H3. The molecule has 8 heteroatoms. The van der Waals surface area contributed by atoms with Gasteiger partial charge in [-0.1, -0.05) is 30.3 Å². The molecule has 1 aromatic heterocycles. The largest absolute Gasteiger partial charge is 0.491 e. The molecular weight excluding hydrogens is 468 g/mol. The van der Waals surface area contributed by atoms with Gasteiger partial charge in [0.05, 0.1) is 56.0 Å². The number of ether oxygens (including phenoxy) is 7. The lowest BCUT2D eigenvalue weighted by molar-refractivity contribution is 0.000164. The molecule has 0 unspecified atom stereocenters. The fraction of sp³-hybridized carbons (Fsp3) is 0.407. The Morgan fingerprint density at radius 3 is 1.71 bits per heavy atom. The van der Waals surface area contributed by atoms with E-state index in [2.05, 4.69) is 24.3 Å². The van der Waals surface area contributed by atoms with E-state index in [-0.39, 0.29) is 0 Å². The third kappa shape index (κ3) is 7.43. The number of methoxy groups -OCH3 is 1. The van der Waals surface area contributed by atoms with Gasteiger partial charge in [-0.2, -0.15) is 0 Å². The molecule has 7 nitrogen and oxygen atoms in total. The first-order valence-electron chi connectivity index (χ1n) is 11.8. The lowest BCUT2D eigenvalue weighted by atomic mass is 10.1. The summed E-state index contributed by atoms with van der Waals surface area (Å²) in [5.74, 6) is 2.46. The summed E-state index contributed by atoms with van der Waals surface area (Å²) in [6.07, 6.45) is 0. The smallest absolute Gasteiger partial charge is 0.180 e. The Kier molecular flexibility index (Phi) is 10.2. The van der Waals surface area contributed by atoms with Crippen molar-refractivity contribution >= 4 is 11.3 Å². The molecule has 0 spiro atoms. The molecule has 2 heterocycles. The summed E-state index contributed by atoms with van der Waals surface area (Å²) in [4.78, 5) is 2.16. The number of hydrogen-bond acceptors (Lipinski definition) is 8. The zero-order chi connectivity index (χ0) is 24.1. The van der Waals surface area contributed by atoms with E-state index in [4.69, 9.17) is 33.2 Å². The minimum absolute atomic E-state index is 0.475. The van der Waals surface area contributed by atoms with Crippen LogP contribution in [0.3, 0.4) is 0 Å². The van der Waals surface area contributed by atoms with Crippen molar-refractivity contribution in [2.24, 2.45) is 0 Å². The van der Waals surface area contributed by atoms with Gasteiger partial charge in [0, 0.05) is 7.11 Å². The molecule has 0 aliphatic carbocycles. The van der Waals surface area contributed by atoms with Crippen LogP contribution in [0, 0.1) is 0 Å². The molecule has 3 aromatic rings. The SMILES string of the molecule is COCCOCCOCCOCCOc1ccc(-c2sc(-c3ccccc3)c3c2OCCO3)cc1. The van der Waals surface area contributed by atoms with Crippen molar-refractivity contribution in [2.75, 3.05) is 73.2 Å². The number of thiophene rings is 1. The van der Waals surface area contributed by atoms with Crippen LogP contribution in [0.4, 0.5) is 0 Å². The van der Waals surface area contributed by atoms with Crippen molar-refractivity contribution in [2.45, 2.75) is 0 Å². The summed E-state index contributed by atoms with van der Waals surface area (Å²) < 4.78 is 39.1. The van der Waals surface area contributed by atoms with Gasteiger partial charge in [0.15, 0.2) is 11.5 Å². The van der Waals surface area contributed by atoms with Crippen molar-refractivity contribution in [1.29, 1.82) is 0 Å². The van der Waals surface area contributed by atoms with Crippen LogP contribution in [0.5, 0.6) is 17.2 Å². The first-order chi connectivity index (χ1) is 17.4. The maximum Gasteiger partial charge on any atom is 0.180 e. The van der Waals surface area contributed by atoms with Gasteiger partial charge in [0.25, 0.3) is 0 Å². The number of rotatable bonds is 15. The quantitative estimate of drug-likeness (QED) is 0.274. The average Bonchev–Trinajstić information content (AvgIpc) is 3.30. The van der Waals surface area contributed by atoms with Crippen molar-refractivity contribution in [3.8, 4) is 38.1 Å². The molecule has 0 fully saturated rings. The van der Waals surface area contributed by atoms with Crippen molar-refractivity contribution in [3.63, 3.8) is 0 Å². The van der Waals surface area contributed by atoms with E-state index in [1.54, 1.807) is 18.4 Å². The monoisotopic (exact) mass is 500 g/mol. The minimum Gasteiger partial charge on any atom is -0.491 e. The maximum atomic E-state index is 6.01. The highest BCUT2D eigenvalue weighted by Crippen LogP contribution is 2.53. The summed E-state index contributed by atoms with van der Waals surface area (Å²) in [5.41, 5.74) is 2.21. The van der Waals surface area contributed by atoms with Gasteiger partial charge in [0.2, 0.25) is 0 Å². The first kappa shape index (κ1) is 25.5. The summed E-state index contributed by atoms with van der Waals surface area (Å²) in [7, 11) is 1.65. The van der Waals surface area contributed by atoms with Gasteiger partial charge in [-0.25, -0.2) is 0 Å². The van der Waals surface area contributed by atoms with Crippen LogP contribution in [0.2, 0.25) is 0 Å². The second-order valence-corrected chi connectivity index (χ2v) is 8.70. The Morgan fingerprint density at radius 1 is 0.629 bits per heavy atom. The van der Waals surface area contributed by atoms with Gasteiger partial charge in [-0.3, -0.25) is 0 Å². The predicted molar refractivity (Wildman–Crippen MR) is 136 cm³/mol. The molecule has 0 atom stereocenters. The molecular formula is C27H32O7S. The molecule has 0 radical (unpaired) electrons. The lowest BCUT2D eigenvalue weighted by Crippen LogP contribution is -2.14. The fourth-order valence-corrected chi connectivity index (χ4v) is 4.73. The minimum atomic E-state index is 0.475. The molecule has 4 rings (SSSR count). The number of fused-ring (bicyclic) bond motifs is 1. The van der Waals surface area contributed by atoms with Crippen LogP contribution in [0.1, 0.15) is 0 Å². The van der Waals surface area contributed by atoms with E-state index in [0.717, 1.165) is 38.1 Å². The Morgan fingerprint density at radius 2 is 1.14 bits per heavy atom. The van der Waals surface area contributed by atoms with Crippen LogP contribution in [-0.2, 0) is 18.9 Å². The van der Waals surface area contributed by atoms with Crippen LogP contribution in [-0.4, -0.2) is 73.2 Å².